The van der Waals surface area contributed by atoms with Crippen molar-refractivity contribution in [2.24, 2.45) is 0 Å². The molecule has 0 spiro atoms. The third-order valence-corrected chi connectivity index (χ3v) is 3.77. The van der Waals surface area contributed by atoms with Crippen molar-refractivity contribution in [2.45, 2.75) is 32.3 Å². The Morgan fingerprint density at radius 1 is 1.23 bits per heavy atom. The van der Waals surface area contributed by atoms with Crippen molar-refractivity contribution in [3.8, 4) is 17.0 Å². The highest BCUT2D eigenvalue weighted by Crippen LogP contribution is 2.29. The summed E-state index contributed by atoms with van der Waals surface area (Å²) in [4.78, 5) is 4.21. The van der Waals surface area contributed by atoms with Crippen molar-refractivity contribution in [1.29, 1.82) is 0 Å². The summed E-state index contributed by atoms with van der Waals surface area (Å²) in [6.07, 6.45) is 9.24. The molecule has 0 amide bonds. The maximum Gasteiger partial charge on any atom is 0.201 e. The number of unbranched alkanes of at least 4 members (excludes halogenated alkanes) is 1. The van der Waals surface area contributed by atoms with Crippen molar-refractivity contribution in [2.75, 3.05) is 6.61 Å². The molecule has 0 radical (unpaired) electrons. The summed E-state index contributed by atoms with van der Waals surface area (Å²) in [6.45, 7) is 5.35. The second-order valence-electron chi connectivity index (χ2n) is 6.00. The van der Waals surface area contributed by atoms with E-state index in [2.05, 4.69) is 11.6 Å². The van der Waals surface area contributed by atoms with E-state index in [-0.39, 0.29) is 24.0 Å². The van der Waals surface area contributed by atoms with E-state index in [1.54, 1.807) is 25.3 Å². The first kappa shape index (κ1) is 19.8. The zero-order valence-corrected chi connectivity index (χ0v) is 14.8. The molecule has 1 N–H and O–H groups in total. The fourth-order valence-electron chi connectivity index (χ4n) is 2.40. The Hall–Kier alpha value is -2.53. The highest BCUT2D eigenvalue weighted by Gasteiger charge is 2.16. The molecule has 5 heteroatoms. The van der Waals surface area contributed by atoms with Gasteiger partial charge in [0.15, 0.2) is 11.6 Å². The van der Waals surface area contributed by atoms with Gasteiger partial charge in [-0.3, -0.25) is 4.98 Å². The minimum atomic E-state index is -1.03. The van der Waals surface area contributed by atoms with Gasteiger partial charge in [-0.25, -0.2) is 4.39 Å². The summed E-state index contributed by atoms with van der Waals surface area (Å²) >= 11 is 0. The minimum absolute atomic E-state index is 0.0842. The maximum absolute atomic E-state index is 14.3. The number of nitrogens with zero attached hydrogens (tertiary/aromatic N) is 1. The molecule has 2 aromatic rings. The van der Waals surface area contributed by atoms with Crippen LogP contribution in [0.4, 0.5) is 8.78 Å². The SMILES string of the molecule is C=CCOc1ccc(-c2ccc(C=CCCCC(C)O)cn2)c(F)c1F. The molecule has 2 rings (SSSR count). The van der Waals surface area contributed by atoms with E-state index in [1.165, 1.54) is 18.2 Å². The number of aliphatic hydroxyl groups is 1. The molecule has 138 valence electrons. The molecule has 1 unspecified atom stereocenters. The third-order valence-electron chi connectivity index (χ3n) is 3.77. The highest BCUT2D eigenvalue weighted by molar-refractivity contribution is 5.63. The summed E-state index contributed by atoms with van der Waals surface area (Å²) in [5.74, 6) is -2.17. The van der Waals surface area contributed by atoms with Crippen LogP contribution in [0.15, 0.2) is 49.2 Å². The number of aliphatic hydroxyl groups excluding tert-OH is 1. The molecule has 1 atom stereocenters. The number of benzene rings is 1. The van der Waals surface area contributed by atoms with Gasteiger partial charge in [-0.15, -0.1) is 0 Å². The van der Waals surface area contributed by atoms with Crippen molar-refractivity contribution in [1.82, 2.24) is 4.98 Å². The number of allylic oxidation sites excluding steroid dienone is 1. The fraction of sp³-hybridized carbons (Fsp3) is 0.286. The van der Waals surface area contributed by atoms with Crippen LogP contribution in [0.3, 0.4) is 0 Å². The van der Waals surface area contributed by atoms with E-state index in [1.807, 2.05) is 12.2 Å². The topological polar surface area (TPSA) is 42.4 Å². The maximum atomic E-state index is 14.3. The molecule has 1 heterocycles. The van der Waals surface area contributed by atoms with Crippen molar-refractivity contribution >= 4 is 6.08 Å². The average Bonchev–Trinajstić information content (AvgIpc) is 2.63. The second-order valence-corrected chi connectivity index (χ2v) is 6.00. The van der Waals surface area contributed by atoms with Gasteiger partial charge < -0.3 is 9.84 Å². The van der Waals surface area contributed by atoms with Gasteiger partial charge in [0.2, 0.25) is 5.82 Å². The summed E-state index contributed by atoms with van der Waals surface area (Å²) in [5, 5.41) is 9.21. The monoisotopic (exact) mass is 359 g/mol. The average molecular weight is 359 g/mol. The van der Waals surface area contributed by atoms with Gasteiger partial charge in [0.05, 0.1) is 11.8 Å². The number of hydrogen-bond acceptors (Lipinski definition) is 3. The summed E-state index contributed by atoms with van der Waals surface area (Å²) in [7, 11) is 0. The Morgan fingerprint density at radius 3 is 2.69 bits per heavy atom. The van der Waals surface area contributed by atoms with Crippen LogP contribution < -0.4 is 4.74 Å². The molecule has 0 bridgehead atoms. The van der Waals surface area contributed by atoms with Gasteiger partial charge >= 0.3 is 0 Å². The van der Waals surface area contributed by atoms with Gasteiger partial charge in [0.25, 0.3) is 0 Å². The molecule has 0 saturated heterocycles. The van der Waals surface area contributed by atoms with Crippen molar-refractivity contribution < 1.29 is 18.6 Å². The number of aromatic nitrogens is 1. The largest absolute Gasteiger partial charge is 0.486 e. The van der Waals surface area contributed by atoms with Gasteiger partial charge in [-0.1, -0.05) is 30.9 Å². The van der Waals surface area contributed by atoms with Crippen LogP contribution in [-0.2, 0) is 0 Å². The van der Waals surface area contributed by atoms with Gasteiger partial charge in [-0.05, 0) is 49.9 Å². The molecule has 1 aromatic carbocycles. The second kappa shape index (κ2) is 9.82. The summed E-state index contributed by atoms with van der Waals surface area (Å²) in [5.41, 5.74) is 1.31. The van der Waals surface area contributed by atoms with Crippen LogP contribution in [0.5, 0.6) is 5.75 Å². The summed E-state index contributed by atoms with van der Waals surface area (Å²) < 4.78 is 33.4. The number of pyridine rings is 1. The quantitative estimate of drug-likeness (QED) is 0.497. The van der Waals surface area contributed by atoms with E-state index >= 15 is 0 Å². The predicted octanol–water partition coefficient (Wildman–Crippen LogP) is 5.16. The summed E-state index contributed by atoms with van der Waals surface area (Å²) in [6, 6.07) is 6.28. The van der Waals surface area contributed by atoms with Gasteiger partial charge in [0.1, 0.15) is 6.61 Å². The highest BCUT2D eigenvalue weighted by atomic mass is 19.2. The van der Waals surface area contributed by atoms with Crippen LogP contribution in [-0.4, -0.2) is 22.8 Å². The first-order chi connectivity index (χ1) is 12.5. The molecule has 0 aliphatic heterocycles. The Balaban J connectivity index is 2.07. The molecule has 0 aliphatic rings. The van der Waals surface area contributed by atoms with E-state index in [9.17, 15) is 13.9 Å². The number of ether oxygens (including phenoxy) is 1. The lowest BCUT2D eigenvalue weighted by atomic mass is 10.1. The lowest BCUT2D eigenvalue weighted by molar-refractivity contribution is 0.182. The smallest absolute Gasteiger partial charge is 0.201 e. The van der Waals surface area contributed by atoms with Crippen molar-refractivity contribution in [3.05, 3.63) is 66.4 Å². The normalized spacial score (nSPS) is 12.3. The zero-order chi connectivity index (χ0) is 18.9. The van der Waals surface area contributed by atoms with E-state index in [4.69, 9.17) is 4.74 Å². The molecule has 1 aromatic heterocycles. The van der Waals surface area contributed by atoms with Crippen molar-refractivity contribution in [3.63, 3.8) is 0 Å². The van der Waals surface area contributed by atoms with Crippen LogP contribution >= 0.6 is 0 Å². The Morgan fingerprint density at radius 2 is 2.04 bits per heavy atom. The first-order valence-corrected chi connectivity index (χ1v) is 8.55. The third kappa shape index (κ3) is 5.49. The van der Waals surface area contributed by atoms with E-state index < -0.39 is 11.6 Å². The molecular formula is C21H23F2NO2. The molecule has 0 aliphatic carbocycles. The van der Waals surface area contributed by atoms with Gasteiger partial charge in [0, 0.05) is 11.8 Å². The predicted molar refractivity (Wildman–Crippen MR) is 99.8 cm³/mol. The van der Waals surface area contributed by atoms with E-state index in [0.717, 1.165) is 24.8 Å². The Labute approximate surface area is 152 Å². The van der Waals surface area contributed by atoms with E-state index in [0.29, 0.717) is 5.69 Å². The molecular weight excluding hydrogens is 336 g/mol. The number of hydrogen-bond donors (Lipinski definition) is 1. The molecule has 3 nitrogen and oxygen atoms in total. The molecule has 0 saturated carbocycles. The standard InChI is InChI=1S/C21H23F2NO2/c1-3-13-26-19-12-10-17(20(22)21(19)23)18-11-9-16(14-24-18)8-6-4-5-7-15(2)25/h3,6,8-12,14-15,25H,1,4-5,7,13H2,2H3. The van der Waals surface area contributed by atoms with Crippen LogP contribution in [0.1, 0.15) is 31.7 Å². The molecule has 26 heavy (non-hydrogen) atoms. The number of rotatable bonds is 9. The first-order valence-electron chi connectivity index (χ1n) is 8.55. The lowest BCUT2D eigenvalue weighted by Gasteiger charge is -2.09. The Kier molecular flexibility index (Phi) is 7.48. The van der Waals surface area contributed by atoms with Crippen LogP contribution in [0, 0.1) is 11.6 Å². The zero-order valence-electron chi connectivity index (χ0n) is 14.8. The Bertz CT molecular complexity index is 755. The van der Waals surface area contributed by atoms with Gasteiger partial charge in [-0.2, -0.15) is 4.39 Å². The van der Waals surface area contributed by atoms with Crippen LogP contribution in [0.2, 0.25) is 0 Å². The van der Waals surface area contributed by atoms with Crippen LogP contribution in [0.25, 0.3) is 17.3 Å². The number of halogens is 2. The fourth-order valence-corrected chi connectivity index (χ4v) is 2.40. The lowest BCUT2D eigenvalue weighted by Crippen LogP contribution is -1.99. The molecule has 0 fully saturated rings. The minimum Gasteiger partial charge on any atom is -0.486 e.